The van der Waals surface area contributed by atoms with Crippen LogP contribution >= 0.6 is 43.2 Å². The van der Waals surface area contributed by atoms with Gasteiger partial charge in [0.1, 0.15) is 9.96 Å². The van der Waals surface area contributed by atoms with Gasteiger partial charge in [-0.1, -0.05) is 22.0 Å². The summed E-state index contributed by atoms with van der Waals surface area (Å²) in [5.74, 6) is 0.526. The van der Waals surface area contributed by atoms with E-state index in [0.717, 1.165) is 15.8 Å². The highest BCUT2D eigenvalue weighted by molar-refractivity contribution is 9.11. The molecule has 0 unspecified atom stereocenters. The Morgan fingerprint density at radius 3 is 2.70 bits per heavy atom. The van der Waals surface area contributed by atoms with Gasteiger partial charge in [-0.2, -0.15) is 12.8 Å². The number of sulfonamides is 1. The van der Waals surface area contributed by atoms with Crippen LogP contribution in [0.15, 0.2) is 47.2 Å². The van der Waals surface area contributed by atoms with Crippen molar-refractivity contribution in [3.05, 3.63) is 44.2 Å². The molecule has 1 aromatic carbocycles. The molecule has 2 aromatic rings. The summed E-state index contributed by atoms with van der Waals surface area (Å²) >= 11 is 7.82. The maximum atomic E-state index is 12.0. The lowest BCUT2D eigenvalue weighted by atomic mass is 10.2. The van der Waals surface area contributed by atoms with E-state index in [1.165, 1.54) is 19.4 Å². The van der Waals surface area contributed by atoms with Crippen LogP contribution in [0.1, 0.15) is 5.56 Å². The summed E-state index contributed by atoms with van der Waals surface area (Å²) in [6, 6.07) is 6.73. The number of benzene rings is 1. The van der Waals surface area contributed by atoms with Gasteiger partial charge in [-0.25, -0.2) is 0 Å². The van der Waals surface area contributed by atoms with Crippen molar-refractivity contribution in [1.29, 1.82) is 0 Å². The Balaban J connectivity index is 2.42. The summed E-state index contributed by atoms with van der Waals surface area (Å²) in [5.41, 5.74) is 0.564. The topological polar surface area (TPSA) is 55.7 Å². The van der Waals surface area contributed by atoms with Crippen LogP contribution in [0.5, 0.6) is 5.75 Å². The van der Waals surface area contributed by atoms with Gasteiger partial charge in [0.05, 0.1) is 17.8 Å². The van der Waals surface area contributed by atoms with Gasteiger partial charge in [-0.05, 0) is 39.5 Å². The summed E-state index contributed by atoms with van der Waals surface area (Å²) in [6.45, 7) is 0. The molecule has 1 heterocycles. The predicted octanol–water partition coefficient (Wildman–Crippen LogP) is 4.09. The van der Waals surface area contributed by atoms with E-state index in [9.17, 15) is 8.42 Å². The average molecular weight is 439 g/mol. The summed E-state index contributed by atoms with van der Waals surface area (Å²) in [6.07, 6.45) is 1.28. The first kappa shape index (κ1) is 15.7. The first-order valence-electron chi connectivity index (χ1n) is 5.31. The molecule has 4 nitrogen and oxygen atoms in total. The van der Waals surface area contributed by atoms with E-state index in [1.54, 1.807) is 17.5 Å². The second kappa shape index (κ2) is 6.38. The van der Waals surface area contributed by atoms with E-state index in [1.807, 2.05) is 6.07 Å². The highest BCUT2D eigenvalue weighted by atomic mass is 79.9. The molecule has 2 rings (SSSR count). The zero-order chi connectivity index (χ0) is 14.8. The van der Waals surface area contributed by atoms with Crippen molar-refractivity contribution in [3.63, 3.8) is 0 Å². The van der Waals surface area contributed by atoms with Crippen LogP contribution < -0.4 is 4.74 Å². The molecule has 1 aromatic heterocycles. The van der Waals surface area contributed by atoms with E-state index in [4.69, 9.17) is 4.74 Å². The number of thiophene rings is 1. The van der Waals surface area contributed by atoms with E-state index in [2.05, 4.69) is 36.3 Å². The highest BCUT2D eigenvalue weighted by Crippen LogP contribution is 2.32. The molecule has 0 saturated carbocycles. The third-order valence-electron chi connectivity index (χ3n) is 2.32. The van der Waals surface area contributed by atoms with Crippen LogP contribution in [0.25, 0.3) is 0 Å². The molecule has 0 saturated heterocycles. The Morgan fingerprint density at radius 2 is 2.10 bits per heavy atom. The zero-order valence-electron chi connectivity index (χ0n) is 10.2. The fraction of sp³-hybridized carbons (Fsp3) is 0.0833. The van der Waals surface area contributed by atoms with Gasteiger partial charge >= 0.3 is 0 Å². The fourth-order valence-corrected chi connectivity index (χ4v) is 4.74. The third kappa shape index (κ3) is 3.49. The van der Waals surface area contributed by atoms with Crippen molar-refractivity contribution in [2.45, 2.75) is 4.21 Å². The largest absolute Gasteiger partial charge is 0.495 e. The van der Waals surface area contributed by atoms with Gasteiger partial charge in [0, 0.05) is 10.0 Å². The van der Waals surface area contributed by atoms with E-state index < -0.39 is 10.0 Å². The Kier molecular flexibility index (Phi) is 5.00. The molecule has 20 heavy (non-hydrogen) atoms. The van der Waals surface area contributed by atoms with Crippen LogP contribution in [-0.2, 0) is 10.0 Å². The van der Waals surface area contributed by atoms with Gasteiger partial charge in [0.15, 0.2) is 0 Å². The SMILES string of the molecule is COc1c(Br)cc(Br)cc1/C=N\S(=O)(=O)c1cccs1. The van der Waals surface area contributed by atoms with Gasteiger partial charge in [-0.15, -0.1) is 11.3 Å². The molecule has 0 bridgehead atoms. The molecule has 0 aliphatic carbocycles. The molecule has 8 heteroatoms. The van der Waals surface area contributed by atoms with Gasteiger partial charge < -0.3 is 4.74 Å². The lowest BCUT2D eigenvalue weighted by Gasteiger charge is -2.07. The van der Waals surface area contributed by atoms with Gasteiger partial charge in [0.2, 0.25) is 0 Å². The molecule has 0 N–H and O–H groups in total. The minimum Gasteiger partial charge on any atom is -0.495 e. The Labute approximate surface area is 137 Å². The molecule has 0 radical (unpaired) electrons. The minimum absolute atomic E-state index is 0.210. The predicted molar refractivity (Wildman–Crippen MR) is 87.5 cm³/mol. The fourth-order valence-electron chi connectivity index (χ4n) is 1.48. The Morgan fingerprint density at radius 1 is 1.35 bits per heavy atom. The highest BCUT2D eigenvalue weighted by Gasteiger charge is 2.14. The second-order valence-corrected chi connectivity index (χ2v) is 8.23. The van der Waals surface area contributed by atoms with Crippen molar-refractivity contribution < 1.29 is 13.2 Å². The first-order valence-corrected chi connectivity index (χ1v) is 9.21. The number of halogens is 2. The first-order chi connectivity index (χ1) is 9.44. The normalized spacial score (nSPS) is 11.9. The lowest BCUT2D eigenvalue weighted by molar-refractivity contribution is 0.411. The van der Waals surface area contributed by atoms with Crippen molar-refractivity contribution in [2.24, 2.45) is 4.40 Å². The number of ether oxygens (including phenoxy) is 1. The van der Waals surface area contributed by atoms with E-state index in [-0.39, 0.29) is 4.21 Å². The number of methoxy groups -OCH3 is 1. The molecule has 0 atom stereocenters. The summed E-state index contributed by atoms with van der Waals surface area (Å²) in [7, 11) is -2.15. The second-order valence-electron chi connectivity index (χ2n) is 3.65. The van der Waals surface area contributed by atoms with Crippen LogP contribution in [0.3, 0.4) is 0 Å². The monoisotopic (exact) mass is 437 g/mol. The Bertz CT molecular complexity index is 740. The maximum Gasteiger partial charge on any atom is 0.291 e. The number of nitrogens with zero attached hydrogens (tertiary/aromatic N) is 1. The number of rotatable bonds is 4. The lowest BCUT2D eigenvalue weighted by Crippen LogP contribution is -1.97. The maximum absolute atomic E-state index is 12.0. The smallest absolute Gasteiger partial charge is 0.291 e. The van der Waals surface area contributed by atoms with Gasteiger partial charge in [-0.3, -0.25) is 0 Å². The average Bonchev–Trinajstić information content (AvgIpc) is 2.90. The molecule has 0 aliphatic heterocycles. The molecule has 106 valence electrons. The summed E-state index contributed by atoms with van der Waals surface area (Å²) < 4.78 is 34.6. The Hall–Kier alpha value is -0.700. The van der Waals surface area contributed by atoms with Crippen LogP contribution in [-0.4, -0.2) is 21.7 Å². The summed E-state index contributed by atoms with van der Waals surface area (Å²) in [4.78, 5) is 0. The van der Waals surface area contributed by atoms with Crippen LogP contribution in [0.4, 0.5) is 0 Å². The van der Waals surface area contributed by atoms with Crippen molar-refractivity contribution in [2.75, 3.05) is 7.11 Å². The zero-order valence-corrected chi connectivity index (χ0v) is 15.0. The molecular weight excluding hydrogens is 430 g/mol. The molecule has 0 spiro atoms. The van der Waals surface area contributed by atoms with Crippen LogP contribution in [0, 0.1) is 0 Å². The van der Waals surface area contributed by atoms with Crippen molar-refractivity contribution >= 4 is 59.4 Å². The van der Waals surface area contributed by atoms with Gasteiger partial charge in [0.25, 0.3) is 10.0 Å². The summed E-state index contributed by atoms with van der Waals surface area (Å²) in [5, 5.41) is 1.69. The molecular formula is C12H9Br2NO3S2. The minimum atomic E-state index is -3.66. The van der Waals surface area contributed by atoms with Crippen molar-refractivity contribution in [3.8, 4) is 5.75 Å². The standard InChI is InChI=1S/C12H9Br2NO3S2/c1-18-12-8(5-9(13)6-10(12)14)7-15-20(16,17)11-3-2-4-19-11/h2-7H,1H3/b15-7-. The quantitative estimate of drug-likeness (QED) is 0.675. The number of hydrogen-bond donors (Lipinski definition) is 0. The molecule has 0 amide bonds. The van der Waals surface area contributed by atoms with E-state index >= 15 is 0 Å². The van der Waals surface area contributed by atoms with Crippen molar-refractivity contribution in [1.82, 2.24) is 0 Å². The molecule has 0 aliphatic rings. The van der Waals surface area contributed by atoms with Crippen LogP contribution in [0.2, 0.25) is 0 Å². The van der Waals surface area contributed by atoms with E-state index in [0.29, 0.717) is 15.8 Å². The number of hydrogen-bond acceptors (Lipinski definition) is 4. The molecule has 0 fully saturated rings. The third-order valence-corrected chi connectivity index (χ3v) is 5.98.